The van der Waals surface area contributed by atoms with Crippen LogP contribution in [0.2, 0.25) is 0 Å². The summed E-state index contributed by atoms with van der Waals surface area (Å²) in [5.41, 5.74) is -1.22. The molecule has 14 rings (SSSR count). The Morgan fingerprint density at radius 3 is 0.770 bits per heavy atom. The van der Waals surface area contributed by atoms with Crippen LogP contribution in [0.5, 0.6) is 5.75 Å². The lowest BCUT2D eigenvalue weighted by atomic mass is 9.94. The van der Waals surface area contributed by atoms with Gasteiger partial charge in [-0.25, -0.2) is 47.9 Å². The molecule has 0 saturated carbocycles. The number of carbonyl (C=O) groups excluding carboxylic acids is 10. The normalized spacial score (nSPS) is 21.8. The van der Waals surface area contributed by atoms with Crippen molar-refractivity contribution < 1.29 is 134 Å². The second-order valence-corrected chi connectivity index (χ2v) is 28.6. The first-order valence-electron chi connectivity index (χ1n) is 39.7. The monoisotopic (exact) mass is 1710 g/mol. The van der Waals surface area contributed by atoms with E-state index in [1.165, 1.54) is 224 Å². The van der Waals surface area contributed by atoms with Gasteiger partial charge in [0.2, 0.25) is 0 Å². The molecule has 30 heteroatoms. The first-order chi connectivity index (χ1) is 61.4. The van der Waals surface area contributed by atoms with Crippen molar-refractivity contribution in [2.75, 3.05) is 26.4 Å². The molecule has 3 saturated heterocycles. The van der Waals surface area contributed by atoms with Crippen molar-refractivity contribution in [3.8, 4) is 5.75 Å². The van der Waals surface area contributed by atoms with Gasteiger partial charge in [0.05, 0.1) is 67.2 Å². The Kier molecular flexibility index (Phi) is 29.3. The predicted molar refractivity (Wildman–Crippen MR) is 440 cm³/mol. The van der Waals surface area contributed by atoms with E-state index >= 15 is 24.0 Å². The molecule has 642 valence electrons. The number of nitro benzene ring substituents is 1. The Morgan fingerprint density at radius 1 is 0.278 bits per heavy atom. The Balaban J connectivity index is 0.961. The van der Waals surface area contributed by atoms with Crippen molar-refractivity contribution in [3.63, 3.8) is 0 Å². The van der Waals surface area contributed by atoms with Gasteiger partial charge in [0.15, 0.2) is 67.3 Å². The number of phenols is 1. The third-order valence-electron chi connectivity index (χ3n) is 20.2. The van der Waals surface area contributed by atoms with E-state index in [4.69, 9.17) is 75.8 Å². The zero-order chi connectivity index (χ0) is 87.8. The van der Waals surface area contributed by atoms with E-state index in [1.807, 2.05) is 0 Å². The summed E-state index contributed by atoms with van der Waals surface area (Å²) in [4.78, 5) is 161. The van der Waals surface area contributed by atoms with E-state index in [0.29, 0.717) is 0 Å². The fraction of sp³-hybridized carbons (Fsp3) is 0.208. The van der Waals surface area contributed by atoms with Crippen LogP contribution in [0.25, 0.3) is 0 Å². The molecule has 0 unspecified atom stereocenters. The Hall–Kier alpha value is -14.9. The third-order valence-corrected chi connectivity index (χ3v) is 20.2. The van der Waals surface area contributed by atoms with Gasteiger partial charge in [-0.3, -0.25) is 10.1 Å². The summed E-state index contributed by atoms with van der Waals surface area (Å²) in [6.07, 6.45) is -32.3. The molecule has 1 N–H and O–H groups in total. The number of hydrogen-bond donors (Lipinski definition) is 1. The molecule has 0 spiro atoms. The van der Waals surface area contributed by atoms with Crippen molar-refractivity contribution in [2.24, 2.45) is 0 Å². The molecule has 15 atom stereocenters. The summed E-state index contributed by atoms with van der Waals surface area (Å²) >= 11 is 0. The smallest absolute Gasteiger partial charge is 0.338 e. The molecule has 30 nitrogen and oxygen atoms in total. The number of rotatable bonds is 32. The van der Waals surface area contributed by atoms with Crippen molar-refractivity contribution in [1.82, 2.24) is 0 Å². The molecule has 3 aliphatic rings. The summed E-state index contributed by atoms with van der Waals surface area (Å²) in [5, 5.41) is 22.6. The molecule has 11 aromatic carbocycles. The van der Waals surface area contributed by atoms with Gasteiger partial charge in [-0.15, -0.1) is 0 Å². The average molecular weight is 1710 g/mol. The van der Waals surface area contributed by atoms with Crippen molar-refractivity contribution >= 4 is 65.4 Å². The first-order valence-corrected chi connectivity index (χ1v) is 39.7. The van der Waals surface area contributed by atoms with Gasteiger partial charge in [-0.1, -0.05) is 188 Å². The van der Waals surface area contributed by atoms with Crippen LogP contribution in [0.15, 0.2) is 322 Å². The van der Waals surface area contributed by atoms with Crippen molar-refractivity contribution in [2.45, 2.75) is 98.5 Å². The van der Waals surface area contributed by atoms with E-state index in [2.05, 4.69) is 0 Å². The highest BCUT2D eigenvalue weighted by Gasteiger charge is 2.61. The minimum atomic E-state index is -2.40. The lowest BCUT2D eigenvalue weighted by molar-refractivity contribution is -0.385. The number of ether oxygens (including phenoxy) is 16. The molecular formula is C96H79NO29. The van der Waals surface area contributed by atoms with Gasteiger partial charge in [0.25, 0.3) is 0 Å². The third kappa shape index (κ3) is 22.3. The molecule has 0 bridgehead atoms. The topological polar surface area (TPSA) is 382 Å². The van der Waals surface area contributed by atoms with E-state index in [0.717, 1.165) is 12.1 Å². The lowest BCUT2D eigenvalue weighted by Crippen LogP contribution is -2.69. The van der Waals surface area contributed by atoms with E-state index in [9.17, 15) is 39.2 Å². The number of phenolic OH excluding ortho intramolecular Hbond substituents is 1. The number of carbonyl (C=O) groups is 10. The van der Waals surface area contributed by atoms with E-state index in [-0.39, 0.29) is 67.6 Å². The maximum Gasteiger partial charge on any atom is 0.338 e. The maximum absolute atomic E-state index is 15.7. The van der Waals surface area contributed by atoms with Crippen LogP contribution in [0, 0.1) is 10.1 Å². The number of hydrogen-bond acceptors (Lipinski definition) is 29. The number of aromatic hydroxyl groups is 1. The molecule has 0 aliphatic carbocycles. The van der Waals surface area contributed by atoms with Crippen LogP contribution in [0.3, 0.4) is 0 Å². The second-order valence-electron chi connectivity index (χ2n) is 28.6. The highest BCUT2D eigenvalue weighted by Crippen LogP contribution is 2.41. The predicted octanol–water partition coefficient (Wildman–Crippen LogP) is 13.0. The van der Waals surface area contributed by atoms with Crippen LogP contribution >= 0.6 is 0 Å². The summed E-state index contributed by atoms with van der Waals surface area (Å²) < 4.78 is 106. The zero-order valence-electron chi connectivity index (χ0n) is 66.6. The van der Waals surface area contributed by atoms with Gasteiger partial charge in [-0.05, 0) is 139 Å². The molecule has 0 radical (unpaired) electrons. The van der Waals surface area contributed by atoms with Crippen LogP contribution in [-0.2, 0) is 82.2 Å². The van der Waals surface area contributed by atoms with Gasteiger partial charge < -0.3 is 80.9 Å². The van der Waals surface area contributed by atoms with Gasteiger partial charge >= 0.3 is 65.4 Å². The van der Waals surface area contributed by atoms with E-state index < -0.39 is 195 Å². The fourth-order valence-electron chi connectivity index (χ4n) is 13.9. The molecule has 0 amide bonds. The first kappa shape index (κ1) is 87.4. The molecule has 126 heavy (non-hydrogen) atoms. The minimum absolute atomic E-state index is 0.0109. The van der Waals surface area contributed by atoms with E-state index in [1.54, 1.807) is 84.9 Å². The minimum Gasteiger partial charge on any atom is -0.502 e. The number of nitrogens with zero attached hydrogens (tertiary/aromatic N) is 1. The quantitative estimate of drug-likeness (QED) is 0.0177. The standard InChI is InChI=1S/C96H79NO29/c98-71-52-51-59(55-70(71)97(109)110)53-54-111-94-81(122-91(106)67-45-25-8-26-46-67)79(120-89(104)65-41-21-6-22-42-65)76(73(115-94)57-113-85(100)61-33-13-2-14-34-61)125-96-83(124-93(108)69-49-29-10-30-50-69)80(121-90(105)66-43-23-7-24-44-66)77(74(117-96)58-114-86(101)62-35-15-3-16-36-62)126-95-82(123-92(107)68-47-27-9-28-48-68)78(119-88(103)64-39-19-5-20-40-64)75(118-87(102)63-37-17-4-18-38-63)72(116-95)56-112-84(99)60-31-11-1-12-32-60/h1-52,55,72-83,94-96,98H,53-54,56-58H2/t72-,73-,74-,75-,76-,77-,78+,79+,80+,81-,82-,83-,94-,95-,96-/m1/s1. The SMILES string of the molecule is O=C(OC[C@H]1O[C@H](O[C@H]2[C@H](OC(=O)c3ccccc3)[C@@H](OC(=O)c3ccccc3)[C@@H](O[C@H]3[C@H](OC(=O)c4ccccc4)[C@@H](OC(=O)c4ccccc4)[C@H](OCCc4ccc(O)c([N+](=O)[O-])c4)O[C@@H]3COC(=O)c3ccccc3)O[C@@H]2COC(=O)c2ccccc2)[C@H](OC(=O)c2ccccc2)[C@@H](OC(=O)c2ccccc2)[C@@H]1OC(=O)c1ccccc1)c1ccccc1. The van der Waals surface area contributed by atoms with Gasteiger partial charge in [0, 0.05) is 6.07 Å². The second kappa shape index (κ2) is 42.2. The maximum atomic E-state index is 15.7. The summed E-state index contributed by atoms with van der Waals surface area (Å²) in [6.45, 7) is -3.32. The number of esters is 10. The molecule has 3 fully saturated rings. The van der Waals surface area contributed by atoms with Gasteiger partial charge in [0.1, 0.15) is 50.3 Å². The highest BCUT2D eigenvalue weighted by molar-refractivity contribution is 5.94. The molecule has 0 aromatic heterocycles. The fourth-order valence-corrected chi connectivity index (χ4v) is 13.9. The number of benzene rings is 11. The Labute approximate surface area is 719 Å². The molecular weight excluding hydrogens is 1630 g/mol. The van der Waals surface area contributed by atoms with Crippen molar-refractivity contribution in [3.05, 3.63) is 393 Å². The molecule has 3 aliphatic heterocycles. The summed E-state index contributed by atoms with van der Waals surface area (Å²) in [6, 6.07) is 78.2. The average Bonchev–Trinajstić information content (AvgIpc) is 0.761. The van der Waals surface area contributed by atoms with Crippen LogP contribution in [0.1, 0.15) is 109 Å². The van der Waals surface area contributed by atoms with Gasteiger partial charge in [-0.2, -0.15) is 0 Å². The molecule has 3 heterocycles. The number of nitro groups is 1. The zero-order valence-corrected chi connectivity index (χ0v) is 66.6. The molecule has 11 aromatic rings. The Morgan fingerprint density at radius 2 is 0.500 bits per heavy atom. The Bertz CT molecular complexity index is 5560. The largest absolute Gasteiger partial charge is 0.502 e. The van der Waals surface area contributed by atoms with Crippen LogP contribution in [0.4, 0.5) is 5.69 Å². The summed E-state index contributed by atoms with van der Waals surface area (Å²) in [5.74, 6) is -11.6. The summed E-state index contributed by atoms with van der Waals surface area (Å²) in [7, 11) is 0. The lowest BCUT2D eigenvalue weighted by Gasteiger charge is -2.50. The van der Waals surface area contributed by atoms with Crippen LogP contribution in [-0.4, -0.2) is 188 Å². The highest BCUT2D eigenvalue weighted by atomic mass is 16.8. The van der Waals surface area contributed by atoms with Crippen LogP contribution < -0.4 is 0 Å². The van der Waals surface area contributed by atoms with Crippen molar-refractivity contribution in [1.29, 1.82) is 0 Å².